The van der Waals surface area contributed by atoms with Crippen molar-refractivity contribution in [3.05, 3.63) is 24.6 Å². The maximum Gasteiger partial charge on any atom is 0.139 e. The molecule has 0 radical (unpaired) electrons. The summed E-state index contributed by atoms with van der Waals surface area (Å²) in [5.41, 5.74) is 0.927. The molecule has 3 nitrogen and oxygen atoms in total. The molecular weight excluding hydrogens is 280 g/mol. The fraction of sp³-hybridized carbons (Fsp3) is 0.462. The Morgan fingerprint density at radius 1 is 1.47 bits per heavy atom. The van der Waals surface area contributed by atoms with Gasteiger partial charge >= 0.3 is 0 Å². The van der Waals surface area contributed by atoms with Crippen molar-refractivity contribution in [2.75, 3.05) is 23.3 Å². The van der Waals surface area contributed by atoms with Crippen LogP contribution in [0.15, 0.2) is 29.0 Å². The van der Waals surface area contributed by atoms with Crippen molar-refractivity contribution in [1.82, 2.24) is 4.98 Å². The van der Waals surface area contributed by atoms with Gasteiger partial charge in [-0.05, 0) is 30.9 Å². The minimum atomic E-state index is 0.729. The first-order valence-corrected chi connectivity index (χ1v) is 7.14. The van der Waals surface area contributed by atoms with Crippen LogP contribution in [0.1, 0.15) is 12.8 Å². The normalized spacial score (nSPS) is 21.0. The molecule has 1 atom stereocenters. The summed E-state index contributed by atoms with van der Waals surface area (Å²) in [6.45, 7) is 2.18. The molecule has 17 heavy (non-hydrogen) atoms. The number of rotatable bonds is 2. The molecule has 3 rings (SSSR count). The van der Waals surface area contributed by atoms with E-state index in [4.69, 9.17) is 4.42 Å². The molecule has 1 aliphatic rings. The van der Waals surface area contributed by atoms with Crippen LogP contribution in [0.3, 0.4) is 0 Å². The lowest BCUT2D eigenvalue weighted by molar-refractivity contribution is 0.453. The Morgan fingerprint density at radius 2 is 2.41 bits per heavy atom. The first-order chi connectivity index (χ1) is 8.38. The van der Waals surface area contributed by atoms with Gasteiger partial charge in [0.1, 0.15) is 11.4 Å². The molecule has 1 unspecified atom stereocenters. The van der Waals surface area contributed by atoms with E-state index >= 15 is 0 Å². The predicted octanol–water partition coefficient (Wildman–Crippen LogP) is 3.44. The molecule has 3 heterocycles. The molecule has 0 saturated carbocycles. The van der Waals surface area contributed by atoms with Crippen LogP contribution in [0.4, 0.5) is 5.82 Å². The van der Waals surface area contributed by atoms with Gasteiger partial charge in [-0.2, -0.15) is 0 Å². The van der Waals surface area contributed by atoms with Gasteiger partial charge in [0.15, 0.2) is 0 Å². The van der Waals surface area contributed by atoms with Gasteiger partial charge < -0.3 is 9.32 Å². The zero-order chi connectivity index (χ0) is 11.7. The van der Waals surface area contributed by atoms with Gasteiger partial charge in [0, 0.05) is 24.6 Å². The van der Waals surface area contributed by atoms with Crippen molar-refractivity contribution in [3.8, 4) is 0 Å². The molecule has 0 bridgehead atoms. The maximum atomic E-state index is 5.43. The van der Waals surface area contributed by atoms with Gasteiger partial charge in [-0.1, -0.05) is 15.9 Å². The molecule has 0 spiro atoms. The number of piperidine rings is 1. The van der Waals surface area contributed by atoms with E-state index in [1.165, 1.54) is 12.8 Å². The number of halogens is 1. The smallest absolute Gasteiger partial charge is 0.139 e. The molecule has 1 fully saturated rings. The molecule has 90 valence electrons. The van der Waals surface area contributed by atoms with Gasteiger partial charge in [-0.15, -0.1) is 0 Å². The summed E-state index contributed by atoms with van der Waals surface area (Å²) in [5, 5.41) is 2.20. The van der Waals surface area contributed by atoms with E-state index in [-0.39, 0.29) is 0 Å². The number of fused-ring (bicyclic) bond motifs is 1. The van der Waals surface area contributed by atoms with Crippen LogP contribution >= 0.6 is 15.9 Å². The lowest BCUT2D eigenvalue weighted by Crippen LogP contribution is -2.36. The Morgan fingerprint density at radius 3 is 3.29 bits per heavy atom. The highest BCUT2D eigenvalue weighted by Crippen LogP contribution is 2.29. The predicted molar refractivity (Wildman–Crippen MR) is 72.7 cm³/mol. The molecule has 0 amide bonds. The molecule has 2 aromatic rings. The topological polar surface area (TPSA) is 29.3 Å². The van der Waals surface area contributed by atoms with Crippen LogP contribution in [-0.2, 0) is 0 Å². The van der Waals surface area contributed by atoms with E-state index < -0.39 is 0 Å². The Balaban J connectivity index is 1.94. The molecule has 0 aromatic carbocycles. The van der Waals surface area contributed by atoms with Crippen LogP contribution in [0.25, 0.3) is 11.0 Å². The Kier molecular flexibility index (Phi) is 3.05. The number of alkyl halides is 1. The summed E-state index contributed by atoms with van der Waals surface area (Å²) >= 11 is 3.59. The SMILES string of the molecule is BrCC1CCCN(c2nccc3occc23)C1. The van der Waals surface area contributed by atoms with E-state index in [1.54, 1.807) is 6.26 Å². The Labute approximate surface area is 109 Å². The average Bonchev–Trinajstić information content (AvgIpc) is 2.87. The van der Waals surface area contributed by atoms with Gasteiger partial charge in [0.05, 0.1) is 11.6 Å². The van der Waals surface area contributed by atoms with Crippen LogP contribution in [0.5, 0.6) is 0 Å². The van der Waals surface area contributed by atoms with E-state index in [2.05, 4.69) is 25.8 Å². The molecule has 0 aliphatic carbocycles. The third-order valence-electron chi connectivity index (χ3n) is 3.40. The first kappa shape index (κ1) is 11.1. The molecule has 0 N–H and O–H groups in total. The average molecular weight is 295 g/mol. The first-order valence-electron chi connectivity index (χ1n) is 6.01. The lowest BCUT2D eigenvalue weighted by Gasteiger charge is -2.33. The van der Waals surface area contributed by atoms with Crippen LogP contribution in [0.2, 0.25) is 0 Å². The van der Waals surface area contributed by atoms with E-state index in [0.717, 1.165) is 41.1 Å². The van der Waals surface area contributed by atoms with Gasteiger partial charge in [-0.3, -0.25) is 0 Å². The number of pyridine rings is 1. The summed E-state index contributed by atoms with van der Waals surface area (Å²) in [7, 11) is 0. The van der Waals surface area contributed by atoms with Crippen molar-refractivity contribution in [1.29, 1.82) is 0 Å². The van der Waals surface area contributed by atoms with Crippen LogP contribution < -0.4 is 4.90 Å². The largest absolute Gasteiger partial charge is 0.464 e. The highest BCUT2D eigenvalue weighted by Gasteiger charge is 2.21. The van der Waals surface area contributed by atoms with Gasteiger partial charge in [0.2, 0.25) is 0 Å². The minimum absolute atomic E-state index is 0.729. The molecule has 4 heteroatoms. The number of nitrogens with zero attached hydrogens (tertiary/aromatic N) is 2. The molecule has 1 aliphatic heterocycles. The summed E-state index contributed by atoms with van der Waals surface area (Å²) in [5.74, 6) is 1.80. The number of anilines is 1. The van der Waals surface area contributed by atoms with Crippen molar-refractivity contribution < 1.29 is 4.42 Å². The number of hydrogen-bond acceptors (Lipinski definition) is 3. The third kappa shape index (κ3) is 2.06. The minimum Gasteiger partial charge on any atom is -0.464 e. The van der Waals surface area contributed by atoms with Crippen molar-refractivity contribution >= 4 is 32.7 Å². The van der Waals surface area contributed by atoms with Gasteiger partial charge in [-0.25, -0.2) is 4.98 Å². The molecule has 2 aromatic heterocycles. The highest BCUT2D eigenvalue weighted by atomic mass is 79.9. The fourth-order valence-corrected chi connectivity index (χ4v) is 3.04. The monoisotopic (exact) mass is 294 g/mol. The highest BCUT2D eigenvalue weighted by molar-refractivity contribution is 9.09. The standard InChI is InChI=1S/C13H15BrN2O/c14-8-10-2-1-6-16(9-10)13-11-4-7-17-12(11)3-5-15-13/h3-5,7,10H,1-2,6,8-9H2. The zero-order valence-electron chi connectivity index (χ0n) is 9.60. The summed E-state index contributed by atoms with van der Waals surface area (Å²) in [4.78, 5) is 6.90. The Bertz CT molecular complexity index is 511. The third-order valence-corrected chi connectivity index (χ3v) is 4.31. The van der Waals surface area contributed by atoms with E-state index in [1.807, 2.05) is 18.3 Å². The van der Waals surface area contributed by atoms with Gasteiger partial charge in [0.25, 0.3) is 0 Å². The second-order valence-corrected chi connectivity index (χ2v) is 5.22. The van der Waals surface area contributed by atoms with Crippen molar-refractivity contribution in [3.63, 3.8) is 0 Å². The van der Waals surface area contributed by atoms with E-state index in [9.17, 15) is 0 Å². The second-order valence-electron chi connectivity index (χ2n) is 4.58. The number of aromatic nitrogens is 1. The summed E-state index contributed by atoms with van der Waals surface area (Å²) < 4.78 is 5.43. The molecular formula is C13H15BrN2O. The van der Waals surface area contributed by atoms with Crippen LogP contribution in [-0.4, -0.2) is 23.4 Å². The molecule has 1 saturated heterocycles. The lowest BCUT2D eigenvalue weighted by atomic mass is 10.00. The number of furan rings is 1. The number of hydrogen-bond donors (Lipinski definition) is 0. The van der Waals surface area contributed by atoms with E-state index in [0.29, 0.717) is 0 Å². The van der Waals surface area contributed by atoms with Crippen molar-refractivity contribution in [2.24, 2.45) is 5.92 Å². The quantitative estimate of drug-likeness (QED) is 0.795. The summed E-state index contributed by atoms with van der Waals surface area (Å²) in [6, 6.07) is 3.93. The second kappa shape index (κ2) is 4.69. The maximum absolute atomic E-state index is 5.43. The summed E-state index contributed by atoms with van der Waals surface area (Å²) in [6.07, 6.45) is 6.12. The van der Waals surface area contributed by atoms with Crippen molar-refractivity contribution in [2.45, 2.75) is 12.8 Å². The zero-order valence-corrected chi connectivity index (χ0v) is 11.2. The van der Waals surface area contributed by atoms with Crippen LogP contribution in [0, 0.1) is 5.92 Å². The fourth-order valence-electron chi connectivity index (χ4n) is 2.52. The Hall–Kier alpha value is -1.03.